The highest BCUT2D eigenvalue weighted by Gasteiger charge is 2.18. The first-order valence-corrected chi connectivity index (χ1v) is 5.61. The zero-order valence-electron chi connectivity index (χ0n) is 9.47. The highest BCUT2D eigenvalue weighted by molar-refractivity contribution is 5.24. The van der Waals surface area contributed by atoms with Gasteiger partial charge >= 0.3 is 0 Å². The summed E-state index contributed by atoms with van der Waals surface area (Å²) in [5, 5.41) is 0. The van der Waals surface area contributed by atoms with Crippen LogP contribution in [0.15, 0.2) is 24.5 Å². The predicted octanol–water partition coefficient (Wildman–Crippen LogP) is 2.04. The number of ether oxygens (including phenoxy) is 1. The van der Waals surface area contributed by atoms with Gasteiger partial charge in [0.1, 0.15) is 5.82 Å². The SMILES string of the molecule is CC1CC=CCC1COc1cnc(N)cn1. The molecule has 0 fully saturated rings. The minimum atomic E-state index is 0.418. The Morgan fingerprint density at radius 3 is 2.81 bits per heavy atom. The van der Waals surface area contributed by atoms with Crippen LogP contribution in [0.2, 0.25) is 0 Å². The van der Waals surface area contributed by atoms with Gasteiger partial charge in [0.15, 0.2) is 0 Å². The summed E-state index contributed by atoms with van der Waals surface area (Å²) in [5.41, 5.74) is 5.45. The molecule has 1 aliphatic rings. The lowest BCUT2D eigenvalue weighted by atomic mass is 9.85. The average Bonchev–Trinajstić information content (AvgIpc) is 2.30. The molecule has 2 N–H and O–H groups in total. The lowest BCUT2D eigenvalue weighted by Gasteiger charge is -2.24. The van der Waals surface area contributed by atoms with Crippen LogP contribution in [-0.2, 0) is 0 Å². The standard InChI is InChI=1S/C12H17N3O/c1-9-4-2-3-5-10(9)8-16-12-7-14-11(13)6-15-12/h2-3,6-7,9-10H,4-5,8H2,1H3,(H2,13,14). The summed E-state index contributed by atoms with van der Waals surface area (Å²) in [6.45, 7) is 2.95. The van der Waals surface area contributed by atoms with E-state index in [9.17, 15) is 0 Å². The van der Waals surface area contributed by atoms with Gasteiger partial charge in [-0.05, 0) is 24.7 Å². The molecule has 16 heavy (non-hydrogen) atoms. The van der Waals surface area contributed by atoms with Gasteiger partial charge in [-0.15, -0.1) is 0 Å². The monoisotopic (exact) mass is 219 g/mol. The fourth-order valence-corrected chi connectivity index (χ4v) is 1.83. The van der Waals surface area contributed by atoms with E-state index in [2.05, 4.69) is 29.0 Å². The highest BCUT2D eigenvalue weighted by atomic mass is 16.5. The van der Waals surface area contributed by atoms with Gasteiger partial charge in [0, 0.05) is 0 Å². The maximum atomic E-state index is 5.61. The number of hydrogen-bond acceptors (Lipinski definition) is 4. The molecule has 0 amide bonds. The Hall–Kier alpha value is -1.58. The Morgan fingerprint density at radius 1 is 1.31 bits per heavy atom. The average molecular weight is 219 g/mol. The number of anilines is 1. The van der Waals surface area contributed by atoms with Gasteiger partial charge in [-0.3, -0.25) is 0 Å². The Bertz CT molecular complexity index is 361. The van der Waals surface area contributed by atoms with Crippen LogP contribution in [0.25, 0.3) is 0 Å². The van der Waals surface area contributed by atoms with E-state index < -0.39 is 0 Å². The summed E-state index contributed by atoms with van der Waals surface area (Å²) in [6.07, 6.45) is 9.77. The molecule has 1 aromatic heterocycles. The summed E-state index contributed by atoms with van der Waals surface area (Å²) < 4.78 is 5.61. The molecule has 0 aromatic carbocycles. The normalized spacial score (nSPS) is 24.3. The Kier molecular flexibility index (Phi) is 3.39. The zero-order valence-corrected chi connectivity index (χ0v) is 9.47. The Balaban J connectivity index is 1.87. The molecule has 4 heteroatoms. The van der Waals surface area contributed by atoms with Crippen molar-refractivity contribution < 1.29 is 4.74 Å². The molecule has 1 aromatic rings. The molecule has 86 valence electrons. The van der Waals surface area contributed by atoms with Crippen molar-refractivity contribution >= 4 is 5.82 Å². The van der Waals surface area contributed by atoms with E-state index in [1.165, 1.54) is 6.20 Å². The fourth-order valence-electron chi connectivity index (χ4n) is 1.83. The number of nitrogen functional groups attached to an aromatic ring is 1. The molecule has 1 aliphatic carbocycles. The summed E-state index contributed by atoms with van der Waals surface area (Å²) in [4.78, 5) is 8.00. The number of allylic oxidation sites excluding steroid dienone is 2. The van der Waals surface area contributed by atoms with E-state index in [1.54, 1.807) is 6.20 Å². The largest absolute Gasteiger partial charge is 0.476 e. The molecule has 0 bridgehead atoms. The predicted molar refractivity (Wildman–Crippen MR) is 63.0 cm³/mol. The van der Waals surface area contributed by atoms with E-state index in [1.807, 2.05) is 0 Å². The summed E-state index contributed by atoms with van der Waals surface area (Å²) >= 11 is 0. The fraction of sp³-hybridized carbons (Fsp3) is 0.500. The third-order valence-electron chi connectivity index (χ3n) is 3.01. The van der Waals surface area contributed by atoms with E-state index >= 15 is 0 Å². The quantitative estimate of drug-likeness (QED) is 0.790. The molecular weight excluding hydrogens is 202 g/mol. The van der Waals surface area contributed by atoms with E-state index in [4.69, 9.17) is 10.5 Å². The molecule has 0 radical (unpaired) electrons. The van der Waals surface area contributed by atoms with Crippen LogP contribution >= 0.6 is 0 Å². The minimum Gasteiger partial charge on any atom is -0.476 e. The molecule has 0 saturated heterocycles. The molecular formula is C12H17N3O. The summed E-state index contributed by atoms with van der Waals surface area (Å²) in [6, 6.07) is 0. The lowest BCUT2D eigenvalue weighted by Crippen LogP contribution is -2.21. The van der Waals surface area contributed by atoms with Gasteiger partial charge in [0.25, 0.3) is 0 Å². The number of nitrogens with zero attached hydrogens (tertiary/aromatic N) is 2. The third kappa shape index (κ3) is 2.72. The molecule has 4 nitrogen and oxygen atoms in total. The van der Waals surface area contributed by atoms with Crippen LogP contribution in [0, 0.1) is 11.8 Å². The first kappa shape index (κ1) is 10.9. The van der Waals surface area contributed by atoms with E-state index in [0.717, 1.165) is 12.8 Å². The van der Waals surface area contributed by atoms with E-state index in [0.29, 0.717) is 30.1 Å². The number of rotatable bonds is 3. The molecule has 0 spiro atoms. The topological polar surface area (TPSA) is 61.0 Å². The number of hydrogen-bond donors (Lipinski definition) is 1. The maximum absolute atomic E-state index is 5.61. The van der Waals surface area contributed by atoms with Crippen LogP contribution < -0.4 is 10.5 Å². The van der Waals surface area contributed by atoms with Crippen molar-refractivity contribution in [3.05, 3.63) is 24.5 Å². The van der Waals surface area contributed by atoms with E-state index in [-0.39, 0.29) is 0 Å². The first-order valence-electron chi connectivity index (χ1n) is 5.61. The smallest absolute Gasteiger partial charge is 0.232 e. The van der Waals surface area contributed by atoms with Crippen LogP contribution in [0.5, 0.6) is 5.88 Å². The molecule has 1 heterocycles. The molecule has 2 unspecified atom stereocenters. The van der Waals surface area contributed by atoms with Gasteiger partial charge in [-0.25, -0.2) is 9.97 Å². The third-order valence-corrected chi connectivity index (χ3v) is 3.01. The van der Waals surface area contributed by atoms with Crippen molar-refractivity contribution in [2.24, 2.45) is 11.8 Å². The molecule has 0 saturated carbocycles. The van der Waals surface area contributed by atoms with Crippen LogP contribution in [0.3, 0.4) is 0 Å². The van der Waals surface area contributed by atoms with Crippen molar-refractivity contribution in [1.29, 1.82) is 0 Å². The summed E-state index contributed by atoms with van der Waals surface area (Å²) in [5.74, 6) is 2.22. The lowest BCUT2D eigenvalue weighted by molar-refractivity contribution is 0.192. The van der Waals surface area contributed by atoms with Crippen molar-refractivity contribution in [2.45, 2.75) is 19.8 Å². The van der Waals surface area contributed by atoms with Gasteiger partial charge in [-0.2, -0.15) is 0 Å². The van der Waals surface area contributed by atoms with Gasteiger partial charge in [0.2, 0.25) is 5.88 Å². The summed E-state index contributed by atoms with van der Waals surface area (Å²) in [7, 11) is 0. The minimum absolute atomic E-state index is 0.418. The second-order valence-corrected chi connectivity index (χ2v) is 4.27. The second-order valence-electron chi connectivity index (χ2n) is 4.27. The van der Waals surface area contributed by atoms with Crippen LogP contribution in [0.1, 0.15) is 19.8 Å². The van der Waals surface area contributed by atoms with Gasteiger partial charge in [-0.1, -0.05) is 19.1 Å². The van der Waals surface area contributed by atoms with Crippen molar-refractivity contribution in [1.82, 2.24) is 9.97 Å². The first-order chi connectivity index (χ1) is 7.75. The zero-order chi connectivity index (χ0) is 11.4. The Labute approximate surface area is 95.5 Å². The Morgan fingerprint density at radius 2 is 2.12 bits per heavy atom. The molecule has 2 atom stereocenters. The maximum Gasteiger partial charge on any atom is 0.232 e. The van der Waals surface area contributed by atoms with Crippen LogP contribution in [-0.4, -0.2) is 16.6 Å². The van der Waals surface area contributed by atoms with Crippen molar-refractivity contribution in [2.75, 3.05) is 12.3 Å². The number of aromatic nitrogens is 2. The second kappa shape index (κ2) is 4.96. The molecule has 0 aliphatic heterocycles. The van der Waals surface area contributed by atoms with Gasteiger partial charge in [0.05, 0.1) is 19.0 Å². The number of nitrogens with two attached hydrogens (primary N) is 1. The van der Waals surface area contributed by atoms with Crippen molar-refractivity contribution in [3.8, 4) is 5.88 Å². The highest BCUT2D eigenvalue weighted by Crippen LogP contribution is 2.25. The molecule has 2 rings (SSSR count). The van der Waals surface area contributed by atoms with Crippen LogP contribution in [0.4, 0.5) is 5.82 Å². The van der Waals surface area contributed by atoms with Crippen molar-refractivity contribution in [3.63, 3.8) is 0 Å². The van der Waals surface area contributed by atoms with Gasteiger partial charge < -0.3 is 10.5 Å².